The Labute approximate surface area is 167 Å². The molecule has 0 aromatic carbocycles. The summed E-state index contributed by atoms with van der Waals surface area (Å²) in [6.07, 6.45) is 7.56. The van der Waals surface area contributed by atoms with E-state index in [0.29, 0.717) is 12.3 Å². The maximum atomic E-state index is 12.7. The van der Waals surface area contributed by atoms with Gasteiger partial charge in [-0.25, -0.2) is 4.79 Å². The summed E-state index contributed by atoms with van der Waals surface area (Å²) in [5.41, 5.74) is 2.11. The lowest BCUT2D eigenvalue weighted by Crippen LogP contribution is -2.33. The zero-order valence-corrected chi connectivity index (χ0v) is 17.1. The Morgan fingerprint density at radius 2 is 1.96 bits per heavy atom. The molecule has 2 aromatic rings. The van der Waals surface area contributed by atoms with Crippen molar-refractivity contribution >= 4 is 29.0 Å². The smallest absolute Gasteiger partial charge is 0.342 e. The molecule has 3 heterocycles. The molecule has 27 heavy (non-hydrogen) atoms. The van der Waals surface area contributed by atoms with Gasteiger partial charge in [-0.2, -0.15) is 4.98 Å². The number of hydrogen-bond donors (Lipinski definition) is 0. The first-order valence-corrected chi connectivity index (χ1v) is 11.6. The molecule has 2 aromatic heterocycles. The number of rotatable bonds is 5. The molecule has 0 unspecified atom stereocenters. The summed E-state index contributed by atoms with van der Waals surface area (Å²) < 4.78 is 1.83. The number of fused-ring (bicyclic) bond motifs is 1. The molecule has 0 spiro atoms. The van der Waals surface area contributed by atoms with Crippen molar-refractivity contribution in [2.75, 3.05) is 18.8 Å². The van der Waals surface area contributed by atoms with Gasteiger partial charge in [0.1, 0.15) is 5.03 Å². The minimum absolute atomic E-state index is 0.179. The fourth-order valence-corrected chi connectivity index (χ4v) is 5.64. The van der Waals surface area contributed by atoms with Crippen LogP contribution in [0.4, 0.5) is 0 Å². The van der Waals surface area contributed by atoms with Gasteiger partial charge in [0, 0.05) is 29.2 Å². The fraction of sp³-hybridized carbons (Fsp3) is 0.550. The SMILES string of the molecule is O=C(CSc1nc(=O)n(Cc2cccs2)c2c1CCC2)N1CCCCCC1. The lowest BCUT2D eigenvalue weighted by Gasteiger charge is -2.20. The molecule has 5 nitrogen and oxygen atoms in total. The number of carbonyl (C=O) groups is 1. The van der Waals surface area contributed by atoms with E-state index in [4.69, 9.17) is 0 Å². The van der Waals surface area contributed by atoms with Crippen molar-refractivity contribution in [3.05, 3.63) is 44.1 Å². The molecule has 4 rings (SSSR count). The quantitative estimate of drug-likeness (QED) is 0.568. The maximum Gasteiger partial charge on any atom is 0.349 e. The van der Waals surface area contributed by atoms with Crippen molar-refractivity contribution in [1.82, 2.24) is 14.5 Å². The first kappa shape index (κ1) is 18.7. The zero-order chi connectivity index (χ0) is 18.6. The van der Waals surface area contributed by atoms with Crippen LogP contribution in [-0.2, 0) is 24.2 Å². The highest BCUT2D eigenvalue weighted by Gasteiger charge is 2.23. The van der Waals surface area contributed by atoms with E-state index < -0.39 is 0 Å². The van der Waals surface area contributed by atoms with E-state index in [2.05, 4.69) is 11.1 Å². The molecule has 1 amide bonds. The first-order valence-electron chi connectivity index (χ1n) is 9.78. The molecule has 1 saturated heterocycles. The molecule has 0 atom stereocenters. The predicted octanol–water partition coefficient (Wildman–Crippen LogP) is 3.34. The molecule has 0 N–H and O–H groups in total. The van der Waals surface area contributed by atoms with Gasteiger partial charge in [-0.15, -0.1) is 11.3 Å². The van der Waals surface area contributed by atoms with Crippen LogP contribution in [0.3, 0.4) is 0 Å². The summed E-state index contributed by atoms with van der Waals surface area (Å²) in [4.78, 5) is 32.8. The number of amides is 1. The zero-order valence-electron chi connectivity index (χ0n) is 15.5. The number of carbonyl (C=O) groups excluding carboxylic acids is 1. The van der Waals surface area contributed by atoms with Crippen molar-refractivity contribution in [3.8, 4) is 0 Å². The molecule has 7 heteroatoms. The molecular formula is C20H25N3O2S2. The first-order chi connectivity index (χ1) is 13.2. The minimum atomic E-state index is -0.186. The second-order valence-corrected chi connectivity index (χ2v) is 9.22. The molecule has 144 valence electrons. The van der Waals surface area contributed by atoms with E-state index in [1.54, 1.807) is 11.3 Å². The molecule has 1 aliphatic carbocycles. The molecule has 2 aliphatic rings. The average molecular weight is 404 g/mol. The highest BCUT2D eigenvalue weighted by atomic mass is 32.2. The number of nitrogens with zero attached hydrogens (tertiary/aromatic N) is 3. The third-order valence-electron chi connectivity index (χ3n) is 5.39. The van der Waals surface area contributed by atoms with Crippen molar-refractivity contribution in [2.45, 2.75) is 56.5 Å². The van der Waals surface area contributed by atoms with Crippen LogP contribution >= 0.6 is 23.1 Å². The number of likely N-dealkylation sites (tertiary alicyclic amines) is 1. The van der Waals surface area contributed by atoms with Gasteiger partial charge in [0.15, 0.2) is 0 Å². The Kier molecular flexibility index (Phi) is 5.98. The van der Waals surface area contributed by atoms with Gasteiger partial charge in [0.2, 0.25) is 5.91 Å². The predicted molar refractivity (Wildman–Crippen MR) is 110 cm³/mol. The van der Waals surface area contributed by atoms with E-state index in [1.165, 1.54) is 35.0 Å². The highest BCUT2D eigenvalue weighted by molar-refractivity contribution is 7.99. The van der Waals surface area contributed by atoms with Crippen LogP contribution in [0.5, 0.6) is 0 Å². The van der Waals surface area contributed by atoms with Crippen LogP contribution in [0, 0.1) is 0 Å². The molecule has 1 aliphatic heterocycles. The Morgan fingerprint density at radius 3 is 2.70 bits per heavy atom. The topological polar surface area (TPSA) is 55.2 Å². The van der Waals surface area contributed by atoms with Gasteiger partial charge in [-0.3, -0.25) is 9.36 Å². The number of thioether (sulfide) groups is 1. The van der Waals surface area contributed by atoms with Crippen LogP contribution in [0.2, 0.25) is 0 Å². The normalized spacial score (nSPS) is 17.0. The van der Waals surface area contributed by atoms with Crippen LogP contribution in [0.25, 0.3) is 0 Å². The second kappa shape index (κ2) is 8.61. The van der Waals surface area contributed by atoms with Crippen molar-refractivity contribution in [1.29, 1.82) is 0 Å². The Bertz CT molecular complexity index is 853. The van der Waals surface area contributed by atoms with E-state index in [1.807, 2.05) is 20.9 Å². The average Bonchev–Trinajstić information content (AvgIpc) is 3.28. The number of thiophene rings is 1. The monoisotopic (exact) mass is 403 g/mol. The lowest BCUT2D eigenvalue weighted by atomic mass is 10.2. The standard InChI is InChI=1S/C20H25N3O2S2/c24-18(22-10-3-1-2-4-11-22)14-27-19-16-8-5-9-17(16)23(20(25)21-19)13-15-7-6-12-26-15/h6-7,12H,1-5,8-11,13-14H2. The van der Waals surface area contributed by atoms with Gasteiger partial charge in [-0.1, -0.05) is 30.7 Å². The summed E-state index contributed by atoms with van der Waals surface area (Å²) in [5, 5.41) is 2.81. The van der Waals surface area contributed by atoms with Crippen LogP contribution < -0.4 is 5.69 Å². The summed E-state index contributed by atoms with van der Waals surface area (Å²) in [7, 11) is 0. The number of aromatic nitrogens is 2. The Hall–Kier alpha value is -1.60. The van der Waals surface area contributed by atoms with Crippen molar-refractivity contribution in [3.63, 3.8) is 0 Å². The van der Waals surface area contributed by atoms with Crippen LogP contribution in [0.1, 0.15) is 48.2 Å². The van der Waals surface area contributed by atoms with Crippen LogP contribution in [-0.4, -0.2) is 39.2 Å². The molecule has 0 radical (unpaired) electrons. The van der Waals surface area contributed by atoms with Gasteiger partial charge in [0.05, 0.1) is 12.3 Å². The summed E-state index contributed by atoms with van der Waals surface area (Å²) in [6, 6.07) is 4.07. The third kappa shape index (κ3) is 4.29. The van der Waals surface area contributed by atoms with Crippen molar-refractivity contribution in [2.24, 2.45) is 0 Å². The largest absolute Gasteiger partial charge is 0.349 e. The van der Waals surface area contributed by atoms with E-state index in [0.717, 1.165) is 55.9 Å². The van der Waals surface area contributed by atoms with Crippen LogP contribution in [0.15, 0.2) is 27.3 Å². The summed E-state index contributed by atoms with van der Waals surface area (Å²) >= 11 is 3.12. The Morgan fingerprint density at radius 1 is 1.15 bits per heavy atom. The van der Waals surface area contributed by atoms with Gasteiger partial charge in [0.25, 0.3) is 0 Å². The summed E-state index contributed by atoms with van der Waals surface area (Å²) in [5.74, 6) is 0.562. The Balaban J connectivity index is 1.50. The van der Waals surface area contributed by atoms with Gasteiger partial charge in [-0.05, 0) is 43.6 Å². The van der Waals surface area contributed by atoms with Crippen molar-refractivity contribution < 1.29 is 4.79 Å². The highest BCUT2D eigenvalue weighted by Crippen LogP contribution is 2.30. The maximum absolute atomic E-state index is 12.7. The lowest BCUT2D eigenvalue weighted by molar-refractivity contribution is -0.128. The summed E-state index contributed by atoms with van der Waals surface area (Å²) in [6.45, 7) is 2.34. The molecular weight excluding hydrogens is 378 g/mol. The third-order valence-corrected chi connectivity index (χ3v) is 7.25. The second-order valence-electron chi connectivity index (χ2n) is 7.23. The van der Waals surface area contributed by atoms with E-state index in [9.17, 15) is 9.59 Å². The minimum Gasteiger partial charge on any atom is -0.342 e. The molecule has 1 fully saturated rings. The van der Waals surface area contributed by atoms with E-state index in [-0.39, 0.29) is 11.6 Å². The van der Waals surface area contributed by atoms with Gasteiger partial charge < -0.3 is 4.90 Å². The fourth-order valence-electron chi connectivity index (χ4n) is 3.97. The molecule has 0 saturated carbocycles. The number of hydrogen-bond acceptors (Lipinski definition) is 5. The van der Waals surface area contributed by atoms with Gasteiger partial charge >= 0.3 is 5.69 Å². The molecule has 0 bridgehead atoms. The van der Waals surface area contributed by atoms with E-state index >= 15 is 0 Å².